The minimum absolute atomic E-state index is 0.0569. The zero-order valence-corrected chi connectivity index (χ0v) is 15.4. The molecule has 0 radical (unpaired) electrons. The number of rotatable bonds is 9. The summed E-state index contributed by atoms with van der Waals surface area (Å²) in [4.78, 5) is 26.3. The fourth-order valence-electron chi connectivity index (χ4n) is 3.27. The van der Waals surface area contributed by atoms with Crippen LogP contribution in [0.5, 0.6) is 0 Å². The first-order valence-corrected chi connectivity index (χ1v) is 9.41. The highest BCUT2D eigenvalue weighted by molar-refractivity contribution is 5.93. The van der Waals surface area contributed by atoms with Crippen LogP contribution in [0.1, 0.15) is 56.3 Å². The number of carbonyl (C=O) groups is 2. The molecule has 0 aliphatic heterocycles. The summed E-state index contributed by atoms with van der Waals surface area (Å²) in [6.07, 6.45) is 5.39. The molecule has 0 unspecified atom stereocenters. The van der Waals surface area contributed by atoms with Crippen LogP contribution in [0.15, 0.2) is 24.3 Å². The van der Waals surface area contributed by atoms with Crippen LogP contribution in [0.3, 0.4) is 0 Å². The number of nitrogens with one attached hydrogen (secondary N) is 1. The van der Waals surface area contributed by atoms with Gasteiger partial charge in [0.05, 0.1) is 5.56 Å². The third-order valence-corrected chi connectivity index (χ3v) is 4.89. The molecule has 1 aromatic rings. The molecule has 1 aliphatic carbocycles. The average Bonchev–Trinajstić information content (AvgIpc) is 3.12. The smallest absolute Gasteiger partial charge is 0.338 e. The molecule has 1 aliphatic rings. The Morgan fingerprint density at radius 2 is 1.76 bits per heavy atom. The van der Waals surface area contributed by atoms with Gasteiger partial charge in [0.25, 0.3) is 0 Å². The summed E-state index contributed by atoms with van der Waals surface area (Å²) in [5.74, 6) is 0.262. The number of hydrogen-bond donors (Lipinski definition) is 1. The molecule has 2 rings (SSSR count). The van der Waals surface area contributed by atoms with Crippen LogP contribution >= 0.6 is 0 Å². The van der Waals surface area contributed by atoms with Crippen molar-refractivity contribution < 1.29 is 14.3 Å². The zero-order chi connectivity index (χ0) is 18.1. The quantitative estimate of drug-likeness (QED) is 0.693. The van der Waals surface area contributed by atoms with Crippen LogP contribution in [0.4, 0.5) is 5.69 Å². The maximum Gasteiger partial charge on any atom is 0.338 e. The zero-order valence-electron chi connectivity index (χ0n) is 15.4. The lowest BCUT2D eigenvalue weighted by Gasteiger charge is -2.17. The van der Waals surface area contributed by atoms with Gasteiger partial charge in [-0.05, 0) is 56.1 Å². The second-order valence-electron chi connectivity index (χ2n) is 6.64. The van der Waals surface area contributed by atoms with E-state index < -0.39 is 0 Å². The fraction of sp³-hybridized carbons (Fsp3) is 0.600. The Balaban J connectivity index is 1.76. The normalized spacial score (nSPS) is 14.7. The molecule has 0 spiro atoms. The van der Waals surface area contributed by atoms with Crippen LogP contribution in [0.2, 0.25) is 0 Å². The molecule has 1 amide bonds. The van der Waals surface area contributed by atoms with E-state index in [0.717, 1.165) is 38.2 Å². The Morgan fingerprint density at radius 3 is 2.36 bits per heavy atom. The van der Waals surface area contributed by atoms with E-state index in [2.05, 4.69) is 24.1 Å². The predicted octanol–water partition coefficient (Wildman–Crippen LogP) is 3.70. The molecule has 0 saturated heterocycles. The number of carbonyl (C=O) groups excluding carboxylic acids is 2. The van der Waals surface area contributed by atoms with Crippen molar-refractivity contribution in [2.24, 2.45) is 5.92 Å². The SMILES string of the molecule is CCN(CC)CCOC(=O)c1ccc(NC(=O)CC2CCCC2)cc1. The van der Waals surface area contributed by atoms with E-state index in [1.807, 2.05) is 0 Å². The fourth-order valence-corrected chi connectivity index (χ4v) is 3.27. The van der Waals surface area contributed by atoms with Crippen molar-refractivity contribution in [3.63, 3.8) is 0 Å². The number of ether oxygens (including phenoxy) is 1. The van der Waals surface area contributed by atoms with Crippen molar-refractivity contribution >= 4 is 17.6 Å². The van der Waals surface area contributed by atoms with E-state index in [0.29, 0.717) is 24.5 Å². The van der Waals surface area contributed by atoms with E-state index in [9.17, 15) is 9.59 Å². The summed E-state index contributed by atoms with van der Waals surface area (Å²) in [5, 5.41) is 2.91. The van der Waals surface area contributed by atoms with Gasteiger partial charge in [-0.3, -0.25) is 4.79 Å². The Kier molecular flexibility index (Phi) is 7.92. The van der Waals surface area contributed by atoms with Crippen LogP contribution < -0.4 is 5.32 Å². The van der Waals surface area contributed by atoms with E-state index in [4.69, 9.17) is 4.74 Å². The first kappa shape index (κ1) is 19.4. The Labute approximate surface area is 150 Å². The van der Waals surface area contributed by atoms with Gasteiger partial charge >= 0.3 is 5.97 Å². The van der Waals surface area contributed by atoms with E-state index >= 15 is 0 Å². The number of esters is 1. The molecule has 0 aromatic heterocycles. The summed E-state index contributed by atoms with van der Waals surface area (Å²) < 4.78 is 5.30. The summed E-state index contributed by atoms with van der Waals surface area (Å²) in [6, 6.07) is 6.91. The molecule has 0 atom stereocenters. The lowest BCUT2D eigenvalue weighted by Crippen LogP contribution is -2.27. The number of amides is 1. The van der Waals surface area contributed by atoms with E-state index in [-0.39, 0.29) is 11.9 Å². The van der Waals surface area contributed by atoms with Gasteiger partial charge in [0.2, 0.25) is 5.91 Å². The Hall–Kier alpha value is -1.88. The summed E-state index contributed by atoms with van der Waals surface area (Å²) in [6.45, 7) is 7.21. The Bertz CT molecular complexity index is 547. The van der Waals surface area contributed by atoms with Crippen LogP contribution in [-0.4, -0.2) is 43.0 Å². The molecule has 1 fully saturated rings. The lowest BCUT2D eigenvalue weighted by molar-refractivity contribution is -0.117. The first-order valence-electron chi connectivity index (χ1n) is 9.41. The number of nitrogens with zero attached hydrogens (tertiary/aromatic N) is 1. The van der Waals surface area contributed by atoms with Crippen molar-refractivity contribution in [1.82, 2.24) is 4.90 Å². The lowest BCUT2D eigenvalue weighted by atomic mass is 10.0. The number of anilines is 1. The summed E-state index contributed by atoms with van der Waals surface area (Å²) in [5.41, 5.74) is 1.23. The van der Waals surface area contributed by atoms with E-state index in [1.54, 1.807) is 24.3 Å². The van der Waals surface area contributed by atoms with Crippen LogP contribution in [0, 0.1) is 5.92 Å². The van der Waals surface area contributed by atoms with Crippen LogP contribution in [-0.2, 0) is 9.53 Å². The third kappa shape index (κ3) is 6.50. The predicted molar refractivity (Wildman–Crippen MR) is 99.7 cm³/mol. The van der Waals surface area contributed by atoms with Crippen molar-refractivity contribution in [3.8, 4) is 0 Å². The molecule has 5 heteroatoms. The maximum absolute atomic E-state index is 12.0. The van der Waals surface area contributed by atoms with Crippen molar-refractivity contribution in [3.05, 3.63) is 29.8 Å². The second kappa shape index (κ2) is 10.2. The van der Waals surface area contributed by atoms with Gasteiger partial charge in [-0.1, -0.05) is 26.7 Å². The molecule has 25 heavy (non-hydrogen) atoms. The number of hydrogen-bond acceptors (Lipinski definition) is 4. The molecule has 5 nitrogen and oxygen atoms in total. The second-order valence-corrected chi connectivity index (χ2v) is 6.64. The molecule has 138 valence electrons. The highest BCUT2D eigenvalue weighted by Gasteiger charge is 2.18. The third-order valence-electron chi connectivity index (χ3n) is 4.89. The van der Waals surface area contributed by atoms with Gasteiger partial charge in [0, 0.05) is 18.7 Å². The van der Waals surface area contributed by atoms with Gasteiger partial charge in [-0.25, -0.2) is 4.79 Å². The molecule has 0 heterocycles. The van der Waals surface area contributed by atoms with Crippen molar-refractivity contribution in [2.45, 2.75) is 46.0 Å². The monoisotopic (exact) mass is 346 g/mol. The first-order chi connectivity index (χ1) is 12.1. The van der Waals surface area contributed by atoms with Crippen molar-refractivity contribution in [2.75, 3.05) is 31.6 Å². The molecule has 1 N–H and O–H groups in total. The maximum atomic E-state index is 12.0. The van der Waals surface area contributed by atoms with Gasteiger partial charge < -0.3 is 15.0 Å². The van der Waals surface area contributed by atoms with Gasteiger partial charge in [0.1, 0.15) is 6.61 Å². The molecule has 0 bridgehead atoms. The van der Waals surface area contributed by atoms with Crippen LogP contribution in [0.25, 0.3) is 0 Å². The summed E-state index contributed by atoms with van der Waals surface area (Å²) in [7, 11) is 0. The van der Waals surface area contributed by atoms with Crippen molar-refractivity contribution in [1.29, 1.82) is 0 Å². The minimum atomic E-state index is -0.323. The number of benzene rings is 1. The molecular weight excluding hydrogens is 316 g/mol. The largest absolute Gasteiger partial charge is 0.461 e. The minimum Gasteiger partial charge on any atom is -0.461 e. The highest BCUT2D eigenvalue weighted by atomic mass is 16.5. The topological polar surface area (TPSA) is 58.6 Å². The van der Waals surface area contributed by atoms with Gasteiger partial charge in [-0.2, -0.15) is 0 Å². The number of likely N-dealkylation sites (N-methyl/N-ethyl adjacent to an activating group) is 1. The average molecular weight is 346 g/mol. The molecule has 1 saturated carbocycles. The Morgan fingerprint density at radius 1 is 1.12 bits per heavy atom. The van der Waals surface area contributed by atoms with E-state index in [1.165, 1.54) is 12.8 Å². The molecular formula is C20H30N2O3. The highest BCUT2D eigenvalue weighted by Crippen LogP contribution is 2.27. The standard InChI is InChI=1S/C20H30N2O3/c1-3-22(4-2)13-14-25-20(24)17-9-11-18(12-10-17)21-19(23)15-16-7-5-6-8-16/h9-12,16H,3-8,13-15H2,1-2H3,(H,21,23). The van der Waals surface area contributed by atoms with Gasteiger partial charge in [0.15, 0.2) is 0 Å². The molecule has 1 aromatic carbocycles. The summed E-state index contributed by atoms with van der Waals surface area (Å²) >= 11 is 0. The van der Waals surface area contributed by atoms with Gasteiger partial charge in [-0.15, -0.1) is 0 Å².